The lowest BCUT2D eigenvalue weighted by atomic mass is 10.0. The number of hydrogen-bond donors (Lipinski definition) is 1. The van der Waals surface area contributed by atoms with Crippen LogP contribution in [0.1, 0.15) is 23.7 Å². The molecule has 8 heteroatoms. The van der Waals surface area contributed by atoms with E-state index in [0.29, 0.717) is 19.3 Å². The average Bonchev–Trinajstić information content (AvgIpc) is 2.85. The fourth-order valence-electron chi connectivity index (χ4n) is 3.69. The predicted molar refractivity (Wildman–Crippen MR) is 111 cm³/mol. The zero-order valence-electron chi connectivity index (χ0n) is 16.3. The highest BCUT2D eigenvalue weighted by atomic mass is 35.5. The molecule has 4 rings (SSSR count). The number of aryl methyl sites for hydroxylation is 1. The number of anilines is 3. The molecule has 1 aromatic heterocycles. The summed E-state index contributed by atoms with van der Waals surface area (Å²) in [5.74, 6) is 1.09. The molecule has 2 saturated heterocycles. The van der Waals surface area contributed by atoms with Crippen molar-refractivity contribution >= 4 is 29.1 Å². The normalized spacial score (nSPS) is 20.5. The van der Waals surface area contributed by atoms with E-state index in [1.54, 1.807) is 0 Å². The molecule has 7 nitrogen and oxygen atoms in total. The Hall–Kier alpha value is -2.09. The van der Waals surface area contributed by atoms with Crippen LogP contribution in [0.15, 0.2) is 24.3 Å². The fraction of sp³-hybridized carbons (Fsp3) is 0.500. The van der Waals surface area contributed by atoms with Crippen molar-refractivity contribution in [2.75, 3.05) is 55.6 Å². The molecule has 1 aromatic carbocycles. The maximum absolute atomic E-state index is 6.74. The first-order valence-electron chi connectivity index (χ1n) is 9.58. The number of rotatable bonds is 4. The molecule has 2 aliphatic heterocycles. The van der Waals surface area contributed by atoms with Crippen molar-refractivity contribution in [1.29, 1.82) is 0 Å². The number of likely N-dealkylation sites (N-methyl/N-ethyl adjacent to an activating group) is 1. The highest BCUT2D eigenvalue weighted by Gasteiger charge is 2.28. The van der Waals surface area contributed by atoms with Gasteiger partial charge in [0.2, 0.25) is 5.95 Å². The van der Waals surface area contributed by atoms with Gasteiger partial charge < -0.3 is 25.0 Å². The minimum Gasteiger partial charge on any atom is -0.379 e. The molecule has 28 heavy (non-hydrogen) atoms. The Morgan fingerprint density at radius 3 is 2.68 bits per heavy atom. The molecular formula is C20H26ClN5O2. The maximum atomic E-state index is 6.74. The lowest BCUT2D eigenvalue weighted by molar-refractivity contribution is 0.0101. The number of benzene rings is 1. The second-order valence-corrected chi connectivity index (χ2v) is 7.78. The standard InChI is InChI=1S/C20H26ClN5O2/c1-13-8-19(24-20(22)23-13)26-6-3-7-27-12-18(26)16-5-4-14(9-17(16)21)25(2)15-10-28-11-15/h4-5,8-9,15,18H,3,6-7,10-12H2,1-2H3,(H2,22,23,24)/t18-/m0/s1. The molecule has 1 atom stereocenters. The zero-order valence-corrected chi connectivity index (χ0v) is 17.0. The van der Waals surface area contributed by atoms with E-state index in [1.165, 1.54) is 0 Å². The van der Waals surface area contributed by atoms with E-state index < -0.39 is 0 Å². The molecule has 0 amide bonds. The van der Waals surface area contributed by atoms with Crippen LogP contribution in [0.2, 0.25) is 5.02 Å². The molecule has 3 heterocycles. The predicted octanol–water partition coefficient (Wildman–Crippen LogP) is 2.82. The average molecular weight is 404 g/mol. The van der Waals surface area contributed by atoms with Gasteiger partial charge in [0.25, 0.3) is 0 Å². The lowest BCUT2D eigenvalue weighted by Gasteiger charge is -2.36. The number of halogens is 1. The van der Waals surface area contributed by atoms with Crippen LogP contribution in [0.25, 0.3) is 0 Å². The largest absolute Gasteiger partial charge is 0.379 e. The molecule has 0 radical (unpaired) electrons. The lowest BCUT2D eigenvalue weighted by Crippen LogP contribution is -2.47. The summed E-state index contributed by atoms with van der Waals surface area (Å²) in [7, 11) is 2.08. The van der Waals surface area contributed by atoms with E-state index in [4.69, 9.17) is 26.8 Å². The zero-order chi connectivity index (χ0) is 19.7. The minimum absolute atomic E-state index is 0.0323. The minimum atomic E-state index is -0.0323. The highest BCUT2D eigenvalue weighted by molar-refractivity contribution is 6.31. The number of aromatic nitrogens is 2. The molecule has 0 spiro atoms. The number of nitrogens with zero attached hydrogens (tertiary/aromatic N) is 4. The van der Waals surface area contributed by atoms with Gasteiger partial charge in [-0.1, -0.05) is 17.7 Å². The second-order valence-electron chi connectivity index (χ2n) is 7.37. The Morgan fingerprint density at radius 2 is 2.00 bits per heavy atom. The SMILES string of the molecule is Cc1cc(N2CCCOC[C@H]2c2ccc(N(C)C3COC3)cc2Cl)nc(N)n1. The molecule has 0 unspecified atom stereocenters. The number of nitrogens with two attached hydrogens (primary N) is 1. The van der Waals surface area contributed by atoms with Gasteiger partial charge in [0, 0.05) is 42.7 Å². The summed E-state index contributed by atoms with van der Waals surface area (Å²) in [4.78, 5) is 13.1. The summed E-state index contributed by atoms with van der Waals surface area (Å²) < 4.78 is 11.2. The van der Waals surface area contributed by atoms with Gasteiger partial charge in [0.15, 0.2) is 0 Å². The van der Waals surface area contributed by atoms with Crippen LogP contribution in [0.4, 0.5) is 17.5 Å². The Labute approximate surface area is 170 Å². The molecular weight excluding hydrogens is 378 g/mol. The van der Waals surface area contributed by atoms with Crippen molar-refractivity contribution in [3.63, 3.8) is 0 Å². The van der Waals surface area contributed by atoms with Gasteiger partial charge >= 0.3 is 0 Å². The first-order chi connectivity index (χ1) is 13.5. The van der Waals surface area contributed by atoms with Crippen LogP contribution in [-0.4, -0.2) is 56.0 Å². The first kappa shape index (κ1) is 19.2. The van der Waals surface area contributed by atoms with Crippen LogP contribution >= 0.6 is 11.6 Å². The molecule has 0 bridgehead atoms. The second kappa shape index (κ2) is 8.11. The van der Waals surface area contributed by atoms with Gasteiger partial charge in [-0.15, -0.1) is 0 Å². The van der Waals surface area contributed by atoms with Gasteiger partial charge in [-0.3, -0.25) is 0 Å². The van der Waals surface area contributed by atoms with Crippen LogP contribution in [0.3, 0.4) is 0 Å². The molecule has 2 aliphatic rings. The summed E-state index contributed by atoms with van der Waals surface area (Å²) in [5, 5.41) is 0.726. The van der Waals surface area contributed by atoms with Crippen molar-refractivity contribution < 1.29 is 9.47 Å². The Balaban J connectivity index is 1.66. The summed E-state index contributed by atoms with van der Waals surface area (Å²) in [6, 6.07) is 8.57. The molecule has 150 valence electrons. The number of hydrogen-bond acceptors (Lipinski definition) is 7. The molecule has 0 aliphatic carbocycles. The number of ether oxygens (including phenoxy) is 2. The molecule has 2 N–H and O–H groups in total. The van der Waals surface area contributed by atoms with Crippen LogP contribution in [0.5, 0.6) is 0 Å². The van der Waals surface area contributed by atoms with Crippen LogP contribution in [-0.2, 0) is 9.47 Å². The van der Waals surface area contributed by atoms with E-state index in [2.05, 4.69) is 38.9 Å². The first-order valence-corrected chi connectivity index (χ1v) is 9.96. The Morgan fingerprint density at radius 1 is 1.18 bits per heavy atom. The van der Waals surface area contributed by atoms with Crippen molar-refractivity contribution in [2.24, 2.45) is 0 Å². The number of nitrogen functional groups attached to an aromatic ring is 1. The third kappa shape index (κ3) is 3.87. The topological polar surface area (TPSA) is 76.7 Å². The van der Waals surface area contributed by atoms with E-state index in [0.717, 1.165) is 54.0 Å². The Bertz CT molecular complexity index is 825. The van der Waals surface area contributed by atoms with E-state index in [9.17, 15) is 0 Å². The molecule has 2 fully saturated rings. The van der Waals surface area contributed by atoms with Crippen LogP contribution in [0, 0.1) is 6.92 Å². The monoisotopic (exact) mass is 403 g/mol. The Kier molecular flexibility index (Phi) is 5.57. The fourth-order valence-corrected chi connectivity index (χ4v) is 4.00. The third-order valence-corrected chi connectivity index (χ3v) is 5.74. The maximum Gasteiger partial charge on any atom is 0.222 e. The van der Waals surface area contributed by atoms with Crippen LogP contribution < -0.4 is 15.5 Å². The van der Waals surface area contributed by atoms with Gasteiger partial charge in [0.05, 0.1) is 31.9 Å². The van der Waals surface area contributed by atoms with E-state index >= 15 is 0 Å². The summed E-state index contributed by atoms with van der Waals surface area (Å²) in [6.45, 7) is 5.52. The smallest absolute Gasteiger partial charge is 0.222 e. The van der Waals surface area contributed by atoms with Crippen molar-refractivity contribution in [2.45, 2.75) is 25.4 Å². The van der Waals surface area contributed by atoms with Crippen molar-refractivity contribution in [1.82, 2.24) is 9.97 Å². The van der Waals surface area contributed by atoms with Gasteiger partial charge in [0.1, 0.15) is 5.82 Å². The summed E-state index contributed by atoms with van der Waals surface area (Å²) in [5.41, 5.74) is 8.86. The summed E-state index contributed by atoms with van der Waals surface area (Å²) in [6.07, 6.45) is 0.916. The quantitative estimate of drug-likeness (QED) is 0.840. The molecule has 0 saturated carbocycles. The third-order valence-electron chi connectivity index (χ3n) is 5.41. The van der Waals surface area contributed by atoms with Gasteiger partial charge in [-0.25, -0.2) is 4.98 Å². The highest BCUT2D eigenvalue weighted by Crippen LogP contribution is 2.35. The van der Waals surface area contributed by atoms with Crippen molar-refractivity contribution in [3.8, 4) is 0 Å². The van der Waals surface area contributed by atoms with Gasteiger partial charge in [-0.2, -0.15) is 4.98 Å². The molecule has 2 aromatic rings. The van der Waals surface area contributed by atoms with E-state index in [1.807, 2.05) is 19.1 Å². The van der Waals surface area contributed by atoms with Crippen molar-refractivity contribution in [3.05, 3.63) is 40.5 Å². The summed E-state index contributed by atoms with van der Waals surface area (Å²) >= 11 is 6.74. The van der Waals surface area contributed by atoms with Gasteiger partial charge in [-0.05, 0) is 31.0 Å². The van der Waals surface area contributed by atoms with E-state index in [-0.39, 0.29) is 12.0 Å².